The Bertz CT molecular complexity index is 471. The van der Waals surface area contributed by atoms with Crippen LogP contribution in [0, 0.1) is 11.7 Å². The van der Waals surface area contributed by atoms with Crippen LogP contribution in [0.25, 0.3) is 0 Å². The topological polar surface area (TPSA) is 52.3 Å². The first-order valence-electron chi connectivity index (χ1n) is 7.17. The van der Waals surface area contributed by atoms with Crippen LogP contribution in [0.1, 0.15) is 37.7 Å². The average Bonchev–Trinajstić information content (AvgIpc) is 2.96. The summed E-state index contributed by atoms with van der Waals surface area (Å²) in [5.74, 6) is -0.255. The number of hydrogen-bond donors (Lipinski definition) is 1. The fourth-order valence-corrected chi connectivity index (χ4v) is 3.29. The highest BCUT2D eigenvalue weighted by molar-refractivity contribution is 5.83. The molecule has 0 aliphatic heterocycles. The Balaban J connectivity index is 2.38. The summed E-state index contributed by atoms with van der Waals surface area (Å²) in [7, 11) is 1.36. The van der Waals surface area contributed by atoms with Gasteiger partial charge in [0.2, 0.25) is 0 Å². The van der Waals surface area contributed by atoms with Crippen molar-refractivity contribution in [2.75, 3.05) is 13.7 Å². The number of halogens is 1. The molecule has 0 aromatic heterocycles. The summed E-state index contributed by atoms with van der Waals surface area (Å²) in [5, 5.41) is 0. The molecule has 1 unspecified atom stereocenters. The highest BCUT2D eigenvalue weighted by atomic mass is 19.1. The molecule has 0 amide bonds. The van der Waals surface area contributed by atoms with E-state index in [1.165, 1.54) is 32.1 Å². The molecule has 4 heteroatoms. The standard InChI is InChI=1S/C16H22FNO2/c1-20-15(19)16(11-18,10-12-5-2-3-6-12)13-7-4-8-14(17)9-13/h4,7-9,12H,2-3,5-6,10-11,18H2,1H3. The molecule has 1 saturated carbocycles. The number of benzene rings is 1. The van der Waals surface area contributed by atoms with E-state index in [4.69, 9.17) is 10.5 Å². The van der Waals surface area contributed by atoms with Crippen LogP contribution in [0.15, 0.2) is 24.3 Å². The number of esters is 1. The first-order valence-corrected chi connectivity index (χ1v) is 7.17. The third-order valence-electron chi connectivity index (χ3n) is 4.41. The van der Waals surface area contributed by atoms with Crippen LogP contribution in [-0.4, -0.2) is 19.6 Å². The fourth-order valence-electron chi connectivity index (χ4n) is 3.29. The normalized spacial score (nSPS) is 18.8. The Morgan fingerprint density at radius 1 is 1.45 bits per heavy atom. The third kappa shape index (κ3) is 2.85. The SMILES string of the molecule is COC(=O)C(CN)(CC1CCCC1)c1cccc(F)c1. The van der Waals surface area contributed by atoms with Crippen molar-refractivity contribution in [3.63, 3.8) is 0 Å². The molecule has 0 bridgehead atoms. The summed E-state index contributed by atoms with van der Waals surface area (Å²) >= 11 is 0. The molecule has 0 spiro atoms. The third-order valence-corrected chi connectivity index (χ3v) is 4.41. The Morgan fingerprint density at radius 2 is 2.15 bits per heavy atom. The van der Waals surface area contributed by atoms with E-state index in [0.29, 0.717) is 17.9 Å². The van der Waals surface area contributed by atoms with E-state index < -0.39 is 5.41 Å². The molecule has 1 atom stereocenters. The number of hydrogen-bond acceptors (Lipinski definition) is 3. The van der Waals surface area contributed by atoms with Crippen molar-refractivity contribution in [1.82, 2.24) is 0 Å². The van der Waals surface area contributed by atoms with Crippen LogP contribution >= 0.6 is 0 Å². The fraction of sp³-hybridized carbons (Fsp3) is 0.562. The first kappa shape index (κ1) is 15.0. The highest BCUT2D eigenvalue weighted by Crippen LogP contribution is 2.38. The second-order valence-electron chi connectivity index (χ2n) is 5.64. The van der Waals surface area contributed by atoms with Crippen molar-refractivity contribution >= 4 is 5.97 Å². The summed E-state index contributed by atoms with van der Waals surface area (Å²) < 4.78 is 18.5. The number of carbonyl (C=O) groups excluding carboxylic acids is 1. The number of nitrogens with two attached hydrogens (primary N) is 1. The summed E-state index contributed by atoms with van der Waals surface area (Å²) in [6.07, 6.45) is 5.23. The Morgan fingerprint density at radius 3 is 2.70 bits per heavy atom. The lowest BCUT2D eigenvalue weighted by atomic mass is 9.73. The Hall–Kier alpha value is -1.42. The van der Waals surface area contributed by atoms with E-state index >= 15 is 0 Å². The number of rotatable bonds is 5. The lowest BCUT2D eigenvalue weighted by Gasteiger charge is -2.32. The molecular weight excluding hydrogens is 257 g/mol. The molecule has 1 aromatic carbocycles. The van der Waals surface area contributed by atoms with Crippen molar-refractivity contribution in [2.45, 2.75) is 37.5 Å². The second-order valence-corrected chi connectivity index (χ2v) is 5.64. The molecule has 110 valence electrons. The maximum absolute atomic E-state index is 13.5. The molecule has 3 nitrogen and oxygen atoms in total. The van der Waals surface area contributed by atoms with Crippen LogP contribution in [0.5, 0.6) is 0 Å². The molecule has 1 aliphatic carbocycles. The molecule has 2 rings (SSSR count). The van der Waals surface area contributed by atoms with Gasteiger partial charge in [-0.25, -0.2) is 4.39 Å². The monoisotopic (exact) mass is 279 g/mol. The van der Waals surface area contributed by atoms with Gasteiger partial charge in [0, 0.05) is 6.54 Å². The van der Waals surface area contributed by atoms with Gasteiger partial charge in [-0.2, -0.15) is 0 Å². The van der Waals surface area contributed by atoms with Gasteiger partial charge >= 0.3 is 5.97 Å². The number of methoxy groups -OCH3 is 1. The van der Waals surface area contributed by atoms with Crippen LogP contribution in [0.2, 0.25) is 0 Å². The molecule has 1 aromatic rings. The summed E-state index contributed by atoms with van der Waals surface area (Å²) in [6.45, 7) is 0.139. The van der Waals surface area contributed by atoms with Crippen molar-refractivity contribution < 1.29 is 13.9 Å². The number of ether oxygens (including phenoxy) is 1. The highest BCUT2D eigenvalue weighted by Gasteiger charge is 2.42. The molecule has 1 fully saturated rings. The van der Waals surface area contributed by atoms with Gasteiger partial charge in [-0.05, 0) is 30.0 Å². The quantitative estimate of drug-likeness (QED) is 0.843. The van der Waals surface area contributed by atoms with E-state index in [-0.39, 0.29) is 18.3 Å². The predicted molar refractivity (Wildman–Crippen MR) is 75.7 cm³/mol. The van der Waals surface area contributed by atoms with Crippen LogP contribution in [-0.2, 0) is 14.9 Å². The first-order chi connectivity index (χ1) is 9.62. The molecule has 1 aliphatic rings. The zero-order valence-electron chi connectivity index (χ0n) is 11.9. The lowest BCUT2D eigenvalue weighted by Crippen LogP contribution is -2.45. The molecular formula is C16H22FNO2. The van der Waals surface area contributed by atoms with E-state index in [0.717, 1.165) is 12.8 Å². The van der Waals surface area contributed by atoms with Crippen LogP contribution in [0.3, 0.4) is 0 Å². The summed E-state index contributed by atoms with van der Waals surface area (Å²) in [5.41, 5.74) is 5.62. The minimum absolute atomic E-state index is 0.139. The molecule has 0 heterocycles. The smallest absolute Gasteiger partial charge is 0.317 e. The van der Waals surface area contributed by atoms with E-state index in [1.807, 2.05) is 0 Å². The summed E-state index contributed by atoms with van der Waals surface area (Å²) in [6, 6.07) is 6.16. The molecule has 0 radical (unpaired) electrons. The maximum atomic E-state index is 13.5. The van der Waals surface area contributed by atoms with Gasteiger partial charge in [0.1, 0.15) is 11.2 Å². The van der Waals surface area contributed by atoms with Gasteiger partial charge < -0.3 is 10.5 Å². The van der Waals surface area contributed by atoms with E-state index in [1.54, 1.807) is 12.1 Å². The summed E-state index contributed by atoms with van der Waals surface area (Å²) in [4.78, 5) is 12.3. The van der Waals surface area contributed by atoms with Crippen molar-refractivity contribution in [3.8, 4) is 0 Å². The van der Waals surface area contributed by atoms with Gasteiger partial charge in [0.25, 0.3) is 0 Å². The Kier molecular flexibility index (Phi) is 4.76. The maximum Gasteiger partial charge on any atom is 0.317 e. The van der Waals surface area contributed by atoms with Gasteiger partial charge in [0.05, 0.1) is 7.11 Å². The molecule has 20 heavy (non-hydrogen) atoms. The van der Waals surface area contributed by atoms with E-state index in [2.05, 4.69) is 0 Å². The zero-order chi connectivity index (χ0) is 14.6. The molecule has 0 saturated heterocycles. The van der Waals surface area contributed by atoms with Gasteiger partial charge in [-0.1, -0.05) is 37.8 Å². The second kappa shape index (κ2) is 6.35. The molecule has 2 N–H and O–H groups in total. The van der Waals surface area contributed by atoms with Crippen LogP contribution in [0.4, 0.5) is 4.39 Å². The van der Waals surface area contributed by atoms with Crippen molar-refractivity contribution in [1.29, 1.82) is 0 Å². The predicted octanol–water partition coefficient (Wildman–Crippen LogP) is 2.78. The van der Waals surface area contributed by atoms with Gasteiger partial charge in [-0.15, -0.1) is 0 Å². The van der Waals surface area contributed by atoms with Crippen molar-refractivity contribution in [3.05, 3.63) is 35.6 Å². The minimum atomic E-state index is -0.925. The van der Waals surface area contributed by atoms with E-state index in [9.17, 15) is 9.18 Å². The minimum Gasteiger partial charge on any atom is -0.468 e. The van der Waals surface area contributed by atoms with Crippen LogP contribution < -0.4 is 5.73 Å². The zero-order valence-corrected chi connectivity index (χ0v) is 11.9. The van der Waals surface area contributed by atoms with Gasteiger partial charge in [0.15, 0.2) is 0 Å². The lowest BCUT2D eigenvalue weighted by molar-refractivity contribution is -0.148. The van der Waals surface area contributed by atoms with Crippen molar-refractivity contribution in [2.24, 2.45) is 11.7 Å². The van der Waals surface area contributed by atoms with Gasteiger partial charge in [-0.3, -0.25) is 4.79 Å². The number of carbonyl (C=O) groups is 1. The largest absolute Gasteiger partial charge is 0.468 e. The average molecular weight is 279 g/mol. The Labute approximate surface area is 119 Å².